The van der Waals surface area contributed by atoms with E-state index in [1.165, 1.54) is 4.90 Å². The van der Waals surface area contributed by atoms with E-state index >= 15 is 0 Å². The molecule has 6 nitrogen and oxygen atoms in total. The number of hydrogen-bond donors (Lipinski definition) is 0. The van der Waals surface area contributed by atoms with Crippen LogP contribution in [-0.4, -0.2) is 61.2 Å². The molecule has 3 rings (SSSR count). The molecule has 6 heteroatoms. The van der Waals surface area contributed by atoms with Crippen LogP contribution in [0.2, 0.25) is 0 Å². The number of benzene rings is 1. The fraction of sp³-hybridized carbons (Fsp3) is 0.500. The van der Waals surface area contributed by atoms with Crippen LogP contribution in [0, 0.1) is 5.92 Å². The standard InChI is InChI=1S/C16H20N2O4/c19-15-9-18(7-6-17(15)8-14-10-21-11-14)16(20)22-12-13-4-2-1-3-5-13/h1-5,14H,6-12H2. The number of hydrogen-bond acceptors (Lipinski definition) is 4. The lowest BCUT2D eigenvalue weighted by Gasteiger charge is -2.37. The van der Waals surface area contributed by atoms with Crippen LogP contribution in [0.1, 0.15) is 5.56 Å². The highest BCUT2D eigenvalue weighted by Crippen LogP contribution is 2.14. The van der Waals surface area contributed by atoms with Gasteiger partial charge in [0.05, 0.1) is 13.2 Å². The van der Waals surface area contributed by atoms with Gasteiger partial charge in [0.25, 0.3) is 0 Å². The SMILES string of the molecule is O=C1CN(C(=O)OCc2ccccc2)CCN1CC1COC1. The van der Waals surface area contributed by atoms with E-state index in [0.717, 1.165) is 25.3 Å². The zero-order valence-electron chi connectivity index (χ0n) is 12.4. The van der Waals surface area contributed by atoms with Crippen molar-refractivity contribution < 1.29 is 19.1 Å². The summed E-state index contributed by atoms with van der Waals surface area (Å²) in [5.74, 6) is 0.426. The minimum Gasteiger partial charge on any atom is -0.445 e. The number of carbonyl (C=O) groups is 2. The molecule has 2 heterocycles. The van der Waals surface area contributed by atoms with Gasteiger partial charge in [-0.1, -0.05) is 30.3 Å². The van der Waals surface area contributed by atoms with Crippen LogP contribution in [-0.2, 0) is 20.9 Å². The second-order valence-corrected chi connectivity index (χ2v) is 5.70. The Bertz CT molecular complexity index is 530. The summed E-state index contributed by atoms with van der Waals surface area (Å²) < 4.78 is 10.4. The van der Waals surface area contributed by atoms with E-state index in [1.807, 2.05) is 35.2 Å². The van der Waals surface area contributed by atoms with Crippen LogP contribution in [0.4, 0.5) is 4.79 Å². The maximum atomic E-state index is 12.1. The lowest BCUT2D eigenvalue weighted by Crippen LogP contribution is -2.54. The number of ether oxygens (including phenoxy) is 2. The van der Waals surface area contributed by atoms with Gasteiger partial charge in [-0.25, -0.2) is 4.79 Å². The van der Waals surface area contributed by atoms with Gasteiger partial charge in [0.1, 0.15) is 13.2 Å². The largest absolute Gasteiger partial charge is 0.445 e. The highest BCUT2D eigenvalue weighted by molar-refractivity contribution is 5.83. The van der Waals surface area contributed by atoms with Gasteiger partial charge in [0, 0.05) is 25.6 Å². The highest BCUT2D eigenvalue weighted by Gasteiger charge is 2.31. The summed E-state index contributed by atoms with van der Waals surface area (Å²) in [6, 6.07) is 9.51. The molecule has 0 bridgehead atoms. The third-order valence-electron chi connectivity index (χ3n) is 3.97. The third-order valence-corrected chi connectivity index (χ3v) is 3.97. The molecule has 0 aromatic heterocycles. The van der Waals surface area contributed by atoms with Crippen LogP contribution in [0.3, 0.4) is 0 Å². The molecule has 2 amide bonds. The average molecular weight is 304 g/mol. The fourth-order valence-electron chi connectivity index (χ4n) is 2.57. The first-order valence-electron chi connectivity index (χ1n) is 7.53. The van der Waals surface area contributed by atoms with E-state index < -0.39 is 6.09 Å². The number of amides is 2. The molecule has 0 saturated carbocycles. The number of carbonyl (C=O) groups excluding carboxylic acids is 2. The highest BCUT2D eigenvalue weighted by atomic mass is 16.6. The van der Waals surface area contributed by atoms with Crippen molar-refractivity contribution in [3.8, 4) is 0 Å². The Morgan fingerprint density at radius 2 is 2.00 bits per heavy atom. The summed E-state index contributed by atoms with van der Waals surface area (Å²) in [5, 5.41) is 0. The monoisotopic (exact) mass is 304 g/mol. The van der Waals surface area contributed by atoms with Gasteiger partial charge in [-0.05, 0) is 5.56 Å². The smallest absolute Gasteiger partial charge is 0.410 e. The quantitative estimate of drug-likeness (QED) is 0.836. The van der Waals surface area contributed by atoms with Gasteiger partial charge in [-0.2, -0.15) is 0 Å². The molecular formula is C16H20N2O4. The molecule has 0 N–H and O–H groups in total. The minimum absolute atomic E-state index is 0.0187. The van der Waals surface area contributed by atoms with Gasteiger partial charge in [-0.15, -0.1) is 0 Å². The molecule has 0 radical (unpaired) electrons. The Kier molecular flexibility index (Phi) is 4.58. The molecule has 2 saturated heterocycles. The van der Waals surface area contributed by atoms with Gasteiger partial charge in [-0.3, -0.25) is 9.69 Å². The van der Waals surface area contributed by atoms with E-state index in [4.69, 9.17) is 9.47 Å². The molecule has 1 aromatic carbocycles. The van der Waals surface area contributed by atoms with Crippen LogP contribution in [0.25, 0.3) is 0 Å². The molecule has 1 aromatic rings. The average Bonchev–Trinajstić information content (AvgIpc) is 2.50. The Morgan fingerprint density at radius 1 is 1.23 bits per heavy atom. The third kappa shape index (κ3) is 3.57. The summed E-state index contributed by atoms with van der Waals surface area (Å²) in [7, 11) is 0. The Morgan fingerprint density at radius 3 is 2.64 bits per heavy atom. The number of rotatable bonds is 4. The Labute approximate surface area is 129 Å². The van der Waals surface area contributed by atoms with E-state index in [2.05, 4.69) is 0 Å². The van der Waals surface area contributed by atoms with Crippen molar-refractivity contribution in [1.29, 1.82) is 0 Å². The molecule has 2 aliphatic rings. The maximum absolute atomic E-state index is 12.1. The van der Waals surface area contributed by atoms with Crippen molar-refractivity contribution in [3.05, 3.63) is 35.9 Å². The molecule has 2 fully saturated rings. The van der Waals surface area contributed by atoms with E-state index in [-0.39, 0.29) is 19.1 Å². The first kappa shape index (κ1) is 14.8. The van der Waals surface area contributed by atoms with Gasteiger partial charge >= 0.3 is 6.09 Å². The number of piperazine rings is 1. The van der Waals surface area contributed by atoms with Gasteiger partial charge in [0.15, 0.2) is 0 Å². The van der Waals surface area contributed by atoms with Crippen molar-refractivity contribution in [3.63, 3.8) is 0 Å². The van der Waals surface area contributed by atoms with Gasteiger partial charge in [0.2, 0.25) is 5.91 Å². The molecule has 2 aliphatic heterocycles. The maximum Gasteiger partial charge on any atom is 0.410 e. The summed E-state index contributed by atoms with van der Waals surface area (Å²) in [4.78, 5) is 27.4. The van der Waals surface area contributed by atoms with E-state index in [0.29, 0.717) is 19.0 Å². The van der Waals surface area contributed by atoms with Crippen molar-refractivity contribution in [2.45, 2.75) is 6.61 Å². The minimum atomic E-state index is -0.427. The molecule has 0 aliphatic carbocycles. The molecule has 118 valence electrons. The molecule has 0 spiro atoms. The summed E-state index contributed by atoms with van der Waals surface area (Å²) in [5.41, 5.74) is 0.936. The summed E-state index contributed by atoms with van der Waals surface area (Å²) in [6.07, 6.45) is -0.427. The Hall–Kier alpha value is -2.08. The molecular weight excluding hydrogens is 284 g/mol. The number of nitrogens with zero attached hydrogens (tertiary/aromatic N) is 2. The van der Waals surface area contributed by atoms with Crippen LogP contribution >= 0.6 is 0 Å². The molecule has 0 unspecified atom stereocenters. The Balaban J connectivity index is 1.45. The first-order chi connectivity index (χ1) is 10.7. The van der Waals surface area contributed by atoms with Crippen LogP contribution in [0.15, 0.2) is 30.3 Å². The summed E-state index contributed by atoms with van der Waals surface area (Å²) in [6.45, 7) is 3.60. The van der Waals surface area contributed by atoms with Crippen molar-refractivity contribution in [1.82, 2.24) is 9.80 Å². The topological polar surface area (TPSA) is 59.1 Å². The first-order valence-corrected chi connectivity index (χ1v) is 7.53. The predicted molar refractivity (Wildman–Crippen MR) is 79.1 cm³/mol. The van der Waals surface area contributed by atoms with E-state index in [1.54, 1.807) is 0 Å². The lowest BCUT2D eigenvalue weighted by molar-refractivity contribution is -0.139. The van der Waals surface area contributed by atoms with Crippen molar-refractivity contribution in [2.24, 2.45) is 5.92 Å². The van der Waals surface area contributed by atoms with Crippen LogP contribution < -0.4 is 0 Å². The van der Waals surface area contributed by atoms with E-state index in [9.17, 15) is 9.59 Å². The van der Waals surface area contributed by atoms with Crippen molar-refractivity contribution in [2.75, 3.05) is 39.4 Å². The van der Waals surface area contributed by atoms with Crippen molar-refractivity contribution >= 4 is 12.0 Å². The normalized spacial score (nSPS) is 19.0. The lowest BCUT2D eigenvalue weighted by atomic mass is 10.1. The second kappa shape index (κ2) is 6.79. The molecule has 22 heavy (non-hydrogen) atoms. The predicted octanol–water partition coefficient (Wildman–Crippen LogP) is 1.11. The zero-order valence-corrected chi connectivity index (χ0v) is 12.4. The zero-order chi connectivity index (χ0) is 15.4. The molecule has 0 atom stereocenters. The van der Waals surface area contributed by atoms with Gasteiger partial charge < -0.3 is 14.4 Å². The summed E-state index contributed by atoms with van der Waals surface area (Å²) >= 11 is 0. The van der Waals surface area contributed by atoms with Crippen LogP contribution in [0.5, 0.6) is 0 Å². The fourth-order valence-corrected chi connectivity index (χ4v) is 2.57. The second-order valence-electron chi connectivity index (χ2n) is 5.70.